The molecule has 48 heavy (non-hydrogen) atoms. The van der Waals surface area contributed by atoms with Crippen LogP contribution < -0.4 is 20.7 Å². The van der Waals surface area contributed by atoms with Gasteiger partial charge < -0.3 is 25.4 Å². The molecule has 1 fully saturated rings. The van der Waals surface area contributed by atoms with Crippen molar-refractivity contribution in [3.05, 3.63) is 41.0 Å². The minimum Gasteiger partial charge on any atom is -0.471 e. The Hall–Kier alpha value is -4.22. The Kier molecular flexibility index (Phi) is 10.8. The Morgan fingerprint density at radius 3 is 2.27 bits per heavy atom. The zero-order valence-corrected chi connectivity index (χ0v) is 26.3. The molecule has 1 aromatic carbocycles. The van der Waals surface area contributed by atoms with Gasteiger partial charge in [0.2, 0.25) is 11.8 Å². The molecule has 0 radical (unpaired) electrons. The van der Waals surface area contributed by atoms with E-state index in [0.717, 1.165) is 12.1 Å². The maximum Gasteiger partial charge on any atom is 0.418 e. The molecule has 10 nitrogen and oxygen atoms in total. The number of rotatable bonds is 11. The van der Waals surface area contributed by atoms with Gasteiger partial charge in [0.1, 0.15) is 16.7 Å². The van der Waals surface area contributed by atoms with E-state index in [-0.39, 0.29) is 54.9 Å². The van der Waals surface area contributed by atoms with E-state index in [0.29, 0.717) is 5.56 Å². The molecule has 0 aliphatic heterocycles. The Morgan fingerprint density at radius 2 is 1.69 bits per heavy atom. The number of amides is 2. The van der Waals surface area contributed by atoms with E-state index in [9.17, 15) is 44.7 Å². The number of alkyl halides is 8. The zero-order chi connectivity index (χ0) is 35.6. The van der Waals surface area contributed by atoms with Crippen molar-refractivity contribution < 1.29 is 54.2 Å². The lowest BCUT2D eigenvalue weighted by atomic mass is 9.85. The number of nitrogens with one attached hydrogen (secondary N) is 3. The lowest BCUT2D eigenvalue weighted by Gasteiger charge is -2.30. The molecule has 18 heteroatoms. The van der Waals surface area contributed by atoms with Crippen LogP contribution >= 0.6 is 0 Å². The van der Waals surface area contributed by atoms with Crippen LogP contribution in [0.4, 0.5) is 46.8 Å². The summed E-state index contributed by atoms with van der Waals surface area (Å²) in [5.74, 6) is -3.54. The van der Waals surface area contributed by atoms with Crippen molar-refractivity contribution in [1.29, 1.82) is 0 Å². The minimum atomic E-state index is -4.80. The highest BCUT2D eigenvalue weighted by atomic mass is 19.4. The van der Waals surface area contributed by atoms with Gasteiger partial charge in [0, 0.05) is 26.7 Å². The third kappa shape index (κ3) is 8.62. The van der Waals surface area contributed by atoms with Crippen LogP contribution in [0, 0.1) is 5.92 Å². The quantitative estimate of drug-likeness (QED) is 0.203. The smallest absolute Gasteiger partial charge is 0.418 e. The van der Waals surface area contributed by atoms with Crippen LogP contribution in [0.5, 0.6) is 5.88 Å². The molecule has 2 heterocycles. The maximum absolute atomic E-state index is 14.0. The summed E-state index contributed by atoms with van der Waals surface area (Å²) in [7, 11) is 2.71. The van der Waals surface area contributed by atoms with Gasteiger partial charge in [-0.25, -0.2) is 13.8 Å². The summed E-state index contributed by atoms with van der Waals surface area (Å²) < 4.78 is 119. The van der Waals surface area contributed by atoms with E-state index in [2.05, 4.69) is 25.9 Å². The van der Waals surface area contributed by atoms with E-state index in [1.165, 1.54) is 44.7 Å². The van der Waals surface area contributed by atoms with Crippen LogP contribution in [-0.2, 0) is 29.3 Å². The summed E-state index contributed by atoms with van der Waals surface area (Å²) in [5.41, 5.74) is -2.77. The first-order chi connectivity index (χ1) is 22.3. The summed E-state index contributed by atoms with van der Waals surface area (Å²) in [6.07, 6.45) is -12.4. The Labute approximate surface area is 269 Å². The third-order valence-corrected chi connectivity index (χ3v) is 8.07. The van der Waals surface area contributed by atoms with Crippen LogP contribution in [0.2, 0.25) is 0 Å². The van der Waals surface area contributed by atoms with Crippen LogP contribution in [0.1, 0.15) is 61.0 Å². The lowest BCUT2D eigenvalue weighted by Crippen LogP contribution is -2.43. The number of anilines is 2. The number of fused-ring (bicyclic) bond motifs is 1. The number of nitrogens with zero attached hydrogens (tertiary/aromatic N) is 3. The number of carbonyl (C=O) groups excluding carboxylic acids is 2. The number of halogens is 8. The van der Waals surface area contributed by atoms with E-state index >= 15 is 0 Å². The van der Waals surface area contributed by atoms with Gasteiger partial charge in [-0.05, 0) is 63.3 Å². The van der Waals surface area contributed by atoms with Crippen molar-refractivity contribution in [2.45, 2.75) is 76.5 Å². The van der Waals surface area contributed by atoms with Gasteiger partial charge in [-0.2, -0.15) is 31.3 Å². The van der Waals surface area contributed by atoms with E-state index in [1.54, 1.807) is 0 Å². The number of aryl methyl sites for hydroxylation is 1. The fourth-order valence-electron chi connectivity index (χ4n) is 5.11. The van der Waals surface area contributed by atoms with E-state index in [4.69, 9.17) is 9.47 Å². The number of carbonyl (C=O) groups is 2. The molecule has 4 rings (SSSR count). The molecular formula is C30H34F8N6O4. The Balaban J connectivity index is 1.64. The molecule has 0 atom stereocenters. The first-order valence-electron chi connectivity index (χ1n) is 14.8. The maximum atomic E-state index is 14.0. The number of imidazole rings is 1. The number of benzene rings is 1. The highest BCUT2D eigenvalue weighted by molar-refractivity contribution is 5.99. The number of methoxy groups -OCH3 is 1. The SMILES string of the molecule is COC(C)(C)C(=O)NCc1ccc(C(F)(F)F)c(Nc2nc3cc(C(=O)N[C@H]4CC[C@H](C(F)(F)F)CC4)c(OCC(F)F)nc3n2C)c1. The summed E-state index contributed by atoms with van der Waals surface area (Å²) in [4.78, 5) is 34.0. The third-order valence-electron chi connectivity index (χ3n) is 8.07. The van der Waals surface area contributed by atoms with Gasteiger partial charge in [-0.1, -0.05) is 6.07 Å². The first kappa shape index (κ1) is 36.6. The van der Waals surface area contributed by atoms with Crippen molar-refractivity contribution in [3.63, 3.8) is 0 Å². The molecule has 1 aliphatic rings. The fraction of sp³-hybridized carbons (Fsp3) is 0.533. The van der Waals surface area contributed by atoms with Gasteiger partial charge in [-0.3, -0.25) is 14.2 Å². The van der Waals surface area contributed by atoms with Crippen molar-refractivity contribution in [2.75, 3.05) is 19.0 Å². The van der Waals surface area contributed by atoms with Crippen molar-refractivity contribution in [1.82, 2.24) is 25.2 Å². The number of ether oxygens (including phenoxy) is 2. The van der Waals surface area contributed by atoms with Crippen LogP contribution in [0.15, 0.2) is 24.3 Å². The highest BCUT2D eigenvalue weighted by Gasteiger charge is 2.42. The normalized spacial score (nSPS) is 17.4. The molecule has 3 N–H and O–H groups in total. The largest absolute Gasteiger partial charge is 0.471 e. The summed E-state index contributed by atoms with van der Waals surface area (Å²) in [6, 6.07) is 3.71. The summed E-state index contributed by atoms with van der Waals surface area (Å²) in [6.45, 7) is 1.76. The van der Waals surface area contributed by atoms with Gasteiger partial charge in [0.15, 0.2) is 12.3 Å². The molecule has 1 aliphatic carbocycles. The predicted octanol–water partition coefficient (Wildman–Crippen LogP) is 6.27. The molecule has 0 bridgehead atoms. The van der Waals surface area contributed by atoms with Gasteiger partial charge >= 0.3 is 12.4 Å². The van der Waals surface area contributed by atoms with E-state index in [1.807, 2.05) is 0 Å². The molecule has 0 saturated heterocycles. The lowest BCUT2D eigenvalue weighted by molar-refractivity contribution is -0.182. The molecule has 1 saturated carbocycles. The topological polar surface area (TPSA) is 119 Å². The van der Waals surface area contributed by atoms with Gasteiger partial charge in [0.05, 0.1) is 17.2 Å². The Bertz CT molecular complexity index is 1630. The first-order valence-corrected chi connectivity index (χ1v) is 14.8. The zero-order valence-electron chi connectivity index (χ0n) is 26.3. The average Bonchev–Trinajstić information content (AvgIpc) is 3.30. The second-order valence-corrected chi connectivity index (χ2v) is 11.8. The predicted molar refractivity (Wildman–Crippen MR) is 157 cm³/mol. The molecule has 0 unspecified atom stereocenters. The number of hydrogen-bond acceptors (Lipinski definition) is 7. The number of pyridine rings is 1. The van der Waals surface area contributed by atoms with Crippen LogP contribution in [0.3, 0.4) is 0 Å². The summed E-state index contributed by atoms with van der Waals surface area (Å²) in [5, 5.41) is 7.80. The minimum absolute atomic E-state index is 0.0194. The molecule has 0 spiro atoms. The number of aromatic nitrogens is 3. The molecule has 3 aromatic rings. The molecule has 2 aromatic heterocycles. The molecule has 264 valence electrons. The van der Waals surface area contributed by atoms with Crippen LogP contribution in [0.25, 0.3) is 11.2 Å². The monoisotopic (exact) mass is 694 g/mol. The average molecular weight is 695 g/mol. The van der Waals surface area contributed by atoms with Gasteiger partial charge in [-0.15, -0.1) is 0 Å². The standard InChI is InChI=1S/C30H34F8N6O4/c1-28(2,47-4)26(46)39-13-15-5-10-19(30(36,37)38)20(11-15)41-27-42-21-12-18(25(48-14-22(31)32)43-23(21)44(27)3)24(45)40-17-8-6-16(7-9-17)29(33,34)35/h5,10-12,16-17,22H,6-9,13-14H2,1-4H3,(H,39,46)(H,40,45)(H,41,42)/t16-,17-. The van der Waals surface area contributed by atoms with E-state index < -0.39 is 71.9 Å². The number of hydrogen-bond donors (Lipinski definition) is 3. The molecular weight excluding hydrogens is 660 g/mol. The molecule has 2 amide bonds. The van der Waals surface area contributed by atoms with Crippen molar-refractivity contribution in [3.8, 4) is 5.88 Å². The van der Waals surface area contributed by atoms with Crippen molar-refractivity contribution in [2.24, 2.45) is 13.0 Å². The van der Waals surface area contributed by atoms with Gasteiger partial charge in [0.25, 0.3) is 18.2 Å². The fourth-order valence-corrected chi connectivity index (χ4v) is 5.11. The van der Waals surface area contributed by atoms with Crippen LogP contribution in [-0.4, -0.2) is 64.3 Å². The highest BCUT2D eigenvalue weighted by Crippen LogP contribution is 2.39. The van der Waals surface area contributed by atoms with Crippen molar-refractivity contribution >= 4 is 34.6 Å². The second kappa shape index (κ2) is 14.1. The second-order valence-electron chi connectivity index (χ2n) is 11.8. The Morgan fingerprint density at radius 1 is 1.02 bits per heavy atom. The summed E-state index contributed by atoms with van der Waals surface area (Å²) >= 11 is 0.